The average molecular weight is 374 g/mol. The Morgan fingerprint density at radius 1 is 1.35 bits per heavy atom. The van der Waals surface area contributed by atoms with Gasteiger partial charge in [-0.2, -0.15) is 13.2 Å². The fourth-order valence-corrected chi connectivity index (χ4v) is 3.09. The van der Waals surface area contributed by atoms with Crippen LogP contribution in [-0.2, 0) is 4.74 Å². The van der Waals surface area contributed by atoms with E-state index in [9.17, 15) is 18.0 Å². The van der Waals surface area contributed by atoms with Crippen molar-refractivity contribution in [3.8, 4) is 5.88 Å². The van der Waals surface area contributed by atoms with Crippen LogP contribution in [0.1, 0.15) is 44.0 Å². The predicted molar refractivity (Wildman–Crippen MR) is 90.0 cm³/mol. The van der Waals surface area contributed by atoms with E-state index in [1.54, 1.807) is 0 Å². The van der Waals surface area contributed by atoms with Crippen LogP contribution in [0.5, 0.6) is 5.88 Å². The molecule has 1 aliphatic heterocycles. The van der Waals surface area contributed by atoms with Crippen LogP contribution in [0.2, 0.25) is 0 Å². The van der Waals surface area contributed by atoms with Crippen molar-refractivity contribution in [2.24, 2.45) is 11.3 Å². The van der Waals surface area contributed by atoms with E-state index >= 15 is 0 Å². The van der Waals surface area contributed by atoms with Gasteiger partial charge in [0.15, 0.2) is 6.61 Å². The maximum atomic E-state index is 12.3. The molecule has 8 heteroatoms. The molecule has 0 radical (unpaired) electrons. The summed E-state index contributed by atoms with van der Waals surface area (Å²) in [6.45, 7) is 6.13. The number of nitrogens with one attached hydrogen (secondary N) is 1. The van der Waals surface area contributed by atoms with Crippen LogP contribution in [-0.4, -0.2) is 42.9 Å². The Morgan fingerprint density at radius 2 is 2.08 bits per heavy atom. The van der Waals surface area contributed by atoms with Crippen molar-refractivity contribution < 1.29 is 27.4 Å². The molecule has 2 rings (SSSR count). The second kappa shape index (κ2) is 8.24. The molecule has 1 aliphatic rings. The molecule has 2 atom stereocenters. The zero-order valence-electron chi connectivity index (χ0n) is 15.2. The van der Waals surface area contributed by atoms with Crippen molar-refractivity contribution in [3.63, 3.8) is 0 Å². The summed E-state index contributed by atoms with van der Waals surface area (Å²) in [5, 5.41) is 2.87. The minimum atomic E-state index is -4.43. The van der Waals surface area contributed by atoms with Crippen LogP contribution >= 0.6 is 0 Å². The van der Waals surface area contributed by atoms with E-state index in [0.717, 1.165) is 19.4 Å². The highest BCUT2D eigenvalue weighted by Crippen LogP contribution is 2.33. The molecule has 2 heterocycles. The zero-order valence-corrected chi connectivity index (χ0v) is 15.2. The first-order valence-electron chi connectivity index (χ1n) is 8.62. The number of amides is 1. The fourth-order valence-electron chi connectivity index (χ4n) is 3.09. The lowest BCUT2D eigenvalue weighted by Gasteiger charge is -2.40. The van der Waals surface area contributed by atoms with Crippen LogP contribution in [0.25, 0.3) is 0 Å². The van der Waals surface area contributed by atoms with Crippen molar-refractivity contribution in [2.45, 2.75) is 45.9 Å². The maximum absolute atomic E-state index is 12.3. The third-order valence-corrected chi connectivity index (χ3v) is 4.21. The number of halogens is 3. The van der Waals surface area contributed by atoms with E-state index in [1.807, 2.05) is 0 Å². The van der Waals surface area contributed by atoms with Gasteiger partial charge in [-0.15, -0.1) is 0 Å². The van der Waals surface area contributed by atoms with Gasteiger partial charge in [-0.1, -0.05) is 20.8 Å². The molecule has 26 heavy (non-hydrogen) atoms. The molecule has 1 aromatic rings. The lowest BCUT2D eigenvalue weighted by atomic mass is 9.78. The number of alkyl halides is 3. The van der Waals surface area contributed by atoms with Gasteiger partial charge in [0.1, 0.15) is 0 Å². The number of pyridine rings is 1. The Labute approximate surface area is 151 Å². The highest BCUT2D eigenvalue weighted by Gasteiger charge is 2.35. The molecule has 0 saturated carbocycles. The molecule has 1 amide bonds. The highest BCUT2D eigenvalue weighted by molar-refractivity contribution is 5.93. The predicted octanol–water partition coefficient (Wildman–Crippen LogP) is 3.59. The number of hydrogen-bond donors (Lipinski definition) is 1. The number of hydrogen-bond acceptors (Lipinski definition) is 4. The first-order chi connectivity index (χ1) is 12.1. The van der Waals surface area contributed by atoms with Gasteiger partial charge in [0.2, 0.25) is 5.88 Å². The zero-order chi connectivity index (χ0) is 19.4. The maximum Gasteiger partial charge on any atom is 0.422 e. The number of aromatic nitrogens is 1. The first-order valence-corrected chi connectivity index (χ1v) is 8.62. The monoisotopic (exact) mass is 374 g/mol. The number of nitrogens with zero attached hydrogens (tertiary/aromatic N) is 1. The Balaban J connectivity index is 1.89. The smallest absolute Gasteiger partial charge is 0.422 e. The third kappa shape index (κ3) is 6.16. The molecule has 1 N–H and O–H groups in total. The minimum Gasteiger partial charge on any atom is -0.468 e. The summed E-state index contributed by atoms with van der Waals surface area (Å²) in [4.78, 5) is 16.0. The van der Waals surface area contributed by atoms with Gasteiger partial charge in [0.05, 0.1) is 11.7 Å². The Bertz CT molecular complexity index is 597. The molecule has 0 bridgehead atoms. The molecular weight excluding hydrogens is 349 g/mol. The van der Waals surface area contributed by atoms with Crippen LogP contribution in [0.15, 0.2) is 18.3 Å². The molecule has 0 aliphatic carbocycles. The lowest BCUT2D eigenvalue weighted by Crippen LogP contribution is -2.45. The molecule has 1 saturated heterocycles. The first kappa shape index (κ1) is 20.5. The van der Waals surface area contributed by atoms with Gasteiger partial charge in [-0.25, -0.2) is 4.98 Å². The minimum absolute atomic E-state index is 0.0190. The van der Waals surface area contributed by atoms with Gasteiger partial charge in [-0.05, 0) is 24.3 Å². The largest absolute Gasteiger partial charge is 0.468 e. The second-order valence-electron chi connectivity index (χ2n) is 7.56. The summed E-state index contributed by atoms with van der Waals surface area (Å²) >= 11 is 0. The third-order valence-electron chi connectivity index (χ3n) is 4.21. The Morgan fingerprint density at radius 3 is 2.65 bits per heavy atom. The van der Waals surface area contributed by atoms with E-state index in [-0.39, 0.29) is 34.8 Å². The summed E-state index contributed by atoms with van der Waals surface area (Å²) in [5.41, 5.74) is 0.253. The van der Waals surface area contributed by atoms with E-state index in [1.165, 1.54) is 18.3 Å². The summed E-state index contributed by atoms with van der Waals surface area (Å²) in [7, 11) is 0. The second-order valence-corrected chi connectivity index (χ2v) is 7.56. The number of carbonyl (C=O) groups excluding carboxylic acids is 1. The van der Waals surface area contributed by atoms with Crippen LogP contribution in [0.4, 0.5) is 13.2 Å². The van der Waals surface area contributed by atoms with Gasteiger partial charge < -0.3 is 14.8 Å². The van der Waals surface area contributed by atoms with Crippen molar-refractivity contribution in [1.82, 2.24) is 10.3 Å². The van der Waals surface area contributed by atoms with Crippen LogP contribution in [0.3, 0.4) is 0 Å². The normalized spacial score (nSPS) is 21.3. The Kier molecular flexibility index (Phi) is 6.49. The van der Waals surface area contributed by atoms with Crippen molar-refractivity contribution in [1.29, 1.82) is 0 Å². The van der Waals surface area contributed by atoms with E-state index in [2.05, 4.69) is 35.8 Å². The SMILES string of the molecule is CC(C)(C)C1OCCCC1CNC(=O)c1ccc(OCC(F)(F)F)nc1. The average Bonchev–Trinajstić information content (AvgIpc) is 2.57. The van der Waals surface area contributed by atoms with E-state index in [0.29, 0.717) is 6.54 Å². The standard InChI is InChI=1S/C18H25F3N2O3/c1-17(2,3)15-12(5-4-8-25-15)9-23-16(24)13-6-7-14(22-10-13)26-11-18(19,20)21/h6-7,10,12,15H,4-5,8-9,11H2,1-3H3,(H,23,24). The molecule has 1 fully saturated rings. The van der Waals surface area contributed by atoms with Crippen molar-refractivity contribution in [3.05, 3.63) is 23.9 Å². The van der Waals surface area contributed by atoms with Crippen LogP contribution < -0.4 is 10.1 Å². The summed E-state index contributed by atoms with van der Waals surface area (Å²) in [5.74, 6) is -0.277. The van der Waals surface area contributed by atoms with Crippen molar-refractivity contribution >= 4 is 5.91 Å². The number of rotatable bonds is 5. The van der Waals surface area contributed by atoms with Crippen molar-refractivity contribution in [2.75, 3.05) is 19.8 Å². The topological polar surface area (TPSA) is 60.5 Å². The quantitative estimate of drug-likeness (QED) is 0.856. The summed E-state index contributed by atoms with van der Waals surface area (Å²) in [6, 6.07) is 2.65. The number of carbonyl (C=O) groups is 1. The highest BCUT2D eigenvalue weighted by atomic mass is 19.4. The molecule has 1 aromatic heterocycles. The Hall–Kier alpha value is -1.83. The number of ether oxygens (including phenoxy) is 2. The molecule has 146 valence electrons. The molecule has 0 aromatic carbocycles. The van der Waals surface area contributed by atoms with E-state index in [4.69, 9.17) is 4.74 Å². The molecule has 2 unspecified atom stereocenters. The van der Waals surface area contributed by atoms with Gasteiger partial charge >= 0.3 is 6.18 Å². The fraction of sp³-hybridized carbons (Fsp3) is 0.667. The van der Waals surface area contributed by atoms with Gasteiger partial charge in [-0.3, -0.25) is 4.79 Å². The summed E-state index contributed by atoms with van der Waals surface area (Å²) < 4.78 is 46.8. The molecule has 5 nitrogen and oxygen atoms in total. The molecular formula is C18H25F3N2O3. The van der Waals surface area contributed by atoms with Gasteiger partial charge in [0, 0.05) is 31.3 Å². The van der Waals surface area contributed by atoms with E-state index < -0.39 is 12.8 Å². The lowest BCUT2D eigenvalue weighted by molar-refractivity contribution is -0.154. The molecule has 0 spiro atoms. The van der Waals surface area contributed by atoms with Gasteiger partial charge in [0.25, 0.3) is 5.91 Å². The van der Waals surface area contributed by atoms with Crippen LogP contribution in [0, 0.1) is 11.3 Å². The summed E-state index contributed by atoms with van der Waals surface area (Å²) in [6.07, 6.45) is -1.22.